The summed E-state index contributed by atoms with van der Waals surface area (Å²) in [6, 6.07) is 24.6. The lowest BCUT2D eigenvalue weighted by molar-refractivity contribution is -0.141. The van der Waals surface area contributed by atoms with Crippen LogP contribution in [0.3, 0.4) is 0 Å². The van der Waals surface area contributed by atoms with Crippen LogP contribution in [0.4, 0.5) is 5.69 Å². The summed E-state index contributed by atoms with van der Waals surface area (Å²) in [4.78, 5) is 29.7. The highest BCUT2D eigenvalue weighted by atomic mass is 32.2. The van der Waals surface area contributed by atoms with Crippen molar-refractivity contribution >= 4 is 27.5 Å². The van der Waals surface area contributed by atoms with Gasteiger partial charge in [-0.25, -0.2) is 8.42 Å². The Kier molecular flexibility index (Phi) is 11.4. The maximum absolute atomic E-state index is 14.1. The van der Waals surface area contributed by atoms with E-state index in [0.29, 0.717) is 25.1 Å². The Hall–Kier alpha value is -3.65. The minimum Gasteiger partial charge on any atom is -0.352 e. The SMILES string of the molecule is Cc1cccc(CN(C(=O)CCCN(c2cccc(C)c2)S(C)(=O)=O)C(Cc2ccccc2)C(=O)NC2CCCCC2)c1. The maximum Gasteiger partial charge on any atom is 0.243 e. The smallest absolute Gasteiger partial charge is 0.243 e. The van der Waals surface area contributed by atoms with Crippen molar-refractivity contribution in [2.45, 2.75) is 83.8 Å². The molecule has 1 N–H and O–H groups in total. The molecular formula is C35H45N3O4S. The number of hydrogen-bond acceptors (Lipinski definition) is 4. The van der Waals surface area contributed by atoms with Gasteiger partial charge >= 0.3 is 0 Å². The fraction of sp³-hybridized carbons (Fsp3) is 0.429. The molecule has 0 spiro atoms. The van der Waals surface area contributed by atoms with Gasteiger partial charge in [-0.05, 0) is 61.9 Å². The molecule has 1 unspecified atom stereocenters. The minimum absolute atomic E-state index is 0.117. The Morgan fingerprint density at radius 1 is 0.860 bits per heavy atom. The van der Waals surface area contributed by atoms with Gasteiger partial charge in [-0.15, -0.1) is 0 Å². The molecule has 2 amide bonds. The van der Waals surface area contributed by atoms with E-state index in [4.69, 9.17) is 0 Å². The van der Waals surface area contributed by atoms with E-state index in [2.05, 4.69) is 5.32 Å². The number of carbonyl (C=O) groups excluding carboxylic acids is 2. The van der Waals surface area contributed by atoms with Gasteiger partial charge in [0.25, 0.3) is 0 Å². The lowest BCUT2D eigenvalue weighted by atomic mass is 9.94. The van der Waals surface area contributed by atoms with Crippen LogP contribution in [0.25, 0.3) is 0 Å². The number of benzene rings is 3. The zero-order valence-corrected chi connectivity index (χ0v) is 26.5. The zero-order valence-electron chi connectivity index (χ0n) is 25.7. The fourth-order valence-electron chi connectivity index (χ4n) is 5.89. The van der Waals surface area contributed by atoms with Crippen molar-refractivity contribution < 1.29 is 18.0 Å². The number of anilines is 1. The summed E-state index contributed by atoms with van der Waals surface area (Å²) >= 11 is 0. The van der Waals surface area contributed by atoms with Crippen LogP contribution in [0.5, 0.6) is 0 Å². The number of rotatable bonds is 13. The summed E-state index contributed by atoms with van der Waals surface area (Å²) < 4.78 is 26.7. The van der Waals surface area contributed by atoms with E-state index in [1.165, 1.54) is 17.0 Å². The van der Waals surface area contributed by atoms with Crippen LogP contribution in [-0.4, -0.2) is 50.0 Å². The molecule has 43 heavy (non-hydrogen) atoms. The summed E-state index contributed by atoms with van der Waals surface area (Å²) in [5, 5.41) is 3.27. The molecule has 0 saturated heterocycles. The largest absolute Gasteiger partial charge is 0.352 e. The molecule has 3 aromatic rings. The number of amides is 2. The van der Waals surface area contributed by atoms with Gasteiger partial charge in [0.15, 0.2) is 0 Å². The van der Waals surface area contributed by atoms with Crippen molar-refractivity contribution in [2.24, 2.45) is 0 Å². The van der Waals surface area contributed by atoms with Gasteiger partial charge in [-0.3, -0.25) is 13.9 Å². The molecule has 8 heteroatoms. The average molecular weight is 604 g/mol. The number of carbonyl (C=O) groups is 2. The van der Waals surface area contributed by atoms with Crippen LogP contribution in [0.15, 0.2) is 78.9 Å². The number of nitrogens with one attached hydrogen (secondary N) is 1. The maximum atomic E-state index is 14.1. The number of sulfonamides is 1. The van der Waals surface area contributed by atoms with Gasteiger partial charge in [0, 0.05) is 32.0 Å². The van der Waals surface area contributed by atoms with E-state index in [1.54, 1.807) is 11.0 Å². The van der Waals surface area contributed by atoms with Crippen molar-refractivity contribution in [1.29, 1.82) is 0 Å². The van der Waals surface area contributed by atoms with E-state index in [0.717, 1.165) is 47.9 Å². The molecule has 3 aromatic carbocycles. The summed E-state index contributed by atoms with van der Waals surface area (Å²) in [5.74, 6) is -0.298. The quantitative estimate of drug-likeness (QED) is 0.262. The van der Waals surface area contributed by atoms with Gasteiger partial charge in [0.2, 0.25) is 21.8 Å². The van der Waals surface area contributed by atoms with Crippen LogP contribution in [0.2, 0.25) is 0 Å². The first-order valence-corrected chi connectivity index (χ1v) is 17.2. The zero-order chi connectivity index (χ0) is 30.8. The number of hydrogen-bond donors (Lipinski definition) is 1. The number of nitrogens with zero attached hydrogens (tertiary/aromatic N) is 2. The summed E-state index contributed by atoms with van der Waals surface area (Å²) in [7, 11) is -3.55. The molecule has 1 atom stereocenters. The molecule has 0 bridgehead atoms. The normalized spacial score (nSPS) is 14.6. The second-order valence-corrected chi connectivity index (χ2v) is 13.7. The first kappa shape index (κ1) is 32.3. The minimum atomic E-state index is -3.55. The predicted molar refractivity (Wildman–Crippen MR) is 173 cm³/mol. The molecule has 0 heterocycles. The van der Waals surface area contributed by atoms with Crippen LogP contribution >= 0.6 is 0 Å². The molecule has 1 aliphatic rings. The highest BCUT2D eigenvalue weighted by Crippen LogP contribution is 2.22. The molecule has 7 nitrogen and oxygen atoms in total. The Bertz CT molecular complexity index is 1470. The van der Waals surface area contributed by atoms with Gasteiger partial charge in [-0.2, -0.15) is 0 Å². The fourth-order valence-corrected chi connectivity index (χ4v) is 6.85. The summed E-state index contributed by atoms with van der Waals surface area (Å²) in [5.41, 5.74) is 4.56. The van der Waals surface area contributed by atoms with E-state index >= 15 is 0 Å². The van der Waals surface area contributed by atoms with E-state index in [1.807, 2.05) is 86.6 Å². The molecule has 4 rings (SSSR count). The predicted octanol–water partition coefficient (Wildman–Crippen LogP) is 5.94. The van der Waals surface area contributed by atoms with Crippen LogP contribution < -0.4 is 9.62 Å². The summed E-state index contributed by atoms with van der Waals surface area (Å²) in [6.07, 6.45) is 7.31. The standard InChI is InChI=1S/C35H45N3O4S/c1-27-13-10-17-30(23-27)26-37(34(39)21-12-22-38(43(3,41)42)32-20-11-14-28(2)24-32)33(25-29-15-6-4-7-16-29)35(40)36-31-18-8-5-9-19-31/h4,6-7,10-11,13-17,20,23-24,31,33H,5,8-9,12,18-19,21-22,25-26H2,1-3H3,(H,36,40). The van der Waals surface area contributed by atoms with Crippen molar-refractivity contribution in [3.63, 3.8) is 0 Å². The van der Waals surface area contributed by atoms with E-state index in [9.17, 15) is 18.0 Å². The molecule has 0 aliphatic heterocycles. The number of aryl methyl sites for hydroxylation is 2. The first-order chi connectivity index (χ1) is 20.6. The van der Waals surface area contributed by atoms with E-state index in [-0.39, 0.29) is 30.8 Å². The second kappa shape index (κ2) is 15.2. The first-order valence-electron chi connectivity index (χ1n) is 15.3. The average Bonchev–Trinajstić information content (AvgIpc) is 2.97. The highest BCUT2D eigenvalue weighted by Gasteiger charge is 2.32. The Labute approximate surface area is 257 Å². The lowest BCUT2D eigenvalue weighted by Crippen LogP contribution is -2.53. The third-order valence-electron chi connectivity index (χ3n) is 8.10. The molecular weight excluding hydrogens is 558 g/mol. The molecule has 0 radical (unpaired) electrons. The van der Waals surface area contributed by atoms with Crippen molar-refractivity contribution in [3.05, 3.63) is 101 Å². The third kappa shape index (κ3) is 9.68. The monoisotopic (exact) mass is 603 g/mol. The molecule has 1 aliphatic carbocycles. The van der Waals surface area contributed by atoms with Crippen LogP contribution in [0, 0.1) is 13.8 Å². The van der Waals surface area contributed by atoms with Gasteiger partial charge in [0.05, 0.1) is 11.9 Å². The molecule has 0 aromatic heterocycles. The molecule has 230 valence electrons. The Morgan fingerprint density at radius 3 is 2.16 bits per heavy atom. The second-order valence-electron chi connectivity index (χ2n) is 11.8. The topological polar surface area (TPSA) is 86.8 Å². The van der Waals surface area contributed by atoms with Crippen molar-refractivity contribution in [2.75, 3.05) is 17.1 Å². The third-order valence-corrected chi connectivity index (χ3v) is 9.29. The Morgan fingerprint density at radius 2 is 1.51 bits per heavy atom. The highest BCUT2D eigenvalue weighted by molar-refractivity contribution is 7.92. The lowest BCUT2D eigenvalue weighted by Gasteiger charge is -2.34. The van der Waals surface area contributed by atoms with Gasteiger partial charge in [-0.1, -0.05) is 91.6 Å². The van der Waals surface area contributed by atoms with Crippen molar-refractivity contribution in [3.8, 4) is 0 Å². The van der Waals surface area contributed by atoms with Crippen molar-refractivity contribution in [1.82, 2.24) is 10.2 Å². The van der Waals surface area contributed by atoms with E-state index < -0.39 is 16.1 Å². The molecule has 1 fully saturated rings. The Balaban J connectivity index is 1.59. The van der Waals surface area contributed by atoms with Crippen LogP contribution in [-0.2, 0) is 32.6 Å². The van der Waals surface area contributed by atoms with Gasteiger partial charge < -0.3 is 10.2 Å². The van der Waals surface area contributed by atoms with Crippen LogP contribution in [0.1, 0.15) is 67.2 Å². The van der Waals surface area contributed by atoms with Gasteiger partial charge in [0.1, 0.15) is 6.04 Å². The summed E-state index contributed by atoms with van der Waals surface area (Å²) in [6.45, 7) is 4.40. The molecule has 1 saturated carbocycles.